The first-order valence-corrected chi connectivity index (χ1v) is 8.76. The van der Waals surface area contributed by atoms with Crippen LogP contribution in [0.3, 0.4) is 0 Å². The number of benzene rings is 1. The molecule has 1 amide bonds. The lowest BCUT2D eigenvalue weighted by atomic mass is 10.0. The third-order valence-electron chi connectivity index (χ3n) is 4.03. The third-order valence-corrected chi connectivity index (χ3v) is 5.99. The summed E-state index contributed by atoms with van der Waals surface area (Å²) in [7, 11) is 1.04. The molecule has 0 aromatic heterocycles. The summed E-state index contributed by atoms with van der Waals surface area (Å²) in [4.78, 5) is 13.4. The van der Waals surface area contributed by atoms with E-state index in [1.54, 1.807) is 24.1 Å². The number of hydrogen-bond donors (Lipinski definition) is 0. The highest BCUT2D eigenvalue weighted by atomic mass is 32.2. The van der Waals surface area contributed by atoms with Crippen LogP contribution in [0.5, 0.6) is 5.75 Å². The third kappa shape index (κ3) is 3.65. The summed E-state index contributed by atoms with van der Waals surface area (Å²) in [6, 6.07) is 6.85. The van der Waals surface area contributed by atoms with Crippen molar-refractivity contribution in [1.29, 1.82) is 0 Å². The molecule has 7 nitrogen and oxygen atoms in total. The maximum atomic E-state index is 12.6. The molecule has 1 atom stereocenters. The van der Waals surface area contributed by atoms with Crippen LogP contribution in [0.25, 0.3) is 0 Å². The molecule has 128 valence electrons. The molecule has 0 aliphatic carbocycles. The van der Waals surface area contributed by atoms with Gasteiger partial charge in [-0.15, -0.1) is 0 Å². The highest BCUT2D eigenvalue weighted by Crippen LogP contribution is 2.30. The first-order valence-electron chi connectivity index (χ1n) is 7.36. The van der Waals surface area contributed by atoms with Crippen LogP contribution in [0, 0.1) is 0 Å². The summed E-state index contributed by atoms with van der Waals surface area (Å²) in [6.07, 6.45) is 0. The second-order valence-corrected chi connectivity index (χ2v) is 7.75. The first-order chi connectivity index (χ1) is 10.8. The van der Waals surface area contributed by atoms with Gasteiger partial charge in [0.2, 0.25) is 5.91 Å². The zero-order chi connectivity index (χ0) is 17.2. The van der Waals surface area contributed by atoms with Gasteiger partial charge in [-0.2, -0.15) is 17.0 Å². The molecule has 1 heterocycles. The molecule has 0 radical (unpaired) electrons. The van der Waals surface area contributed by atoms with Gasteiger partial charge in [-0.1, -0.05) is 12.1 Å². The Balaban J connectivity index is 2.38. The number of nitrogens with zero attached hydrogens (tertiary/aromatic N) is 3. The van der Waals surface area contributed by atoms with Gasteiger partial charge in [0, 0.05) is 40.7 Å². The van der Waals surface area contributed by atoms with Crippen LogP contribution in [0.4, 0.5) is 0 Å². The molecule has 2 rings (SSSR count). The molecule has 1 fully saturated rings. The van der Waals surface area contributed by atoms with Gasteiger partial charge in [-0.05, 0) is 17.7 Å². The summed E-state index contributed by atoms with van der Waals surface area (Å²) < 4.78 is 33.0. The molecule has 23 heavy (non-hydrogen) atoms. The Morgan fingerprint density at radius 2 is 1.83 bits per heavy atom. The van der Waals surface area contributed by atoms with E-state index in [9.17, 15) is 13.2 Å². The molecule has 1 aliphatic rings. The predicted octanol–water partition coefficient (Wildman–Crippen LogP) is 0.707. The lowest BCUT2D eigenvalue weighted by Gasteiger charge is -2.41. The van der Waals surface area contributed by atoms with Crippen LogP contribution >= 0.6 is 0 Å². The van der Waals surface area contributed by atoms with Crippen LogP contribution in [0.15, 0.2) is 24.3 Å². The summed E-state index contributed by atoms with van der Waals surface area (Å²) in [6.45, 7) is 2.52. The molecule has 1 aliphatic heterocycles. The van der Waals surface area contributed by atoms with Crippen molar-refractivity contribution in [2.75, 3.05) is 40.8 Å². The molecule has 8 heteroatoms. The average molecular weight is 341 g/mol. The summed E-state index contributed by atoms with van der Waals surface area (Å²) in [5.41, 5.74) is 0.835. The van der Waals surface area contributed by atoms with Crippen molar-refractivity contribution < 1.29 is 17.9 Å². The fourth-order valence-electron chi connectivity index (χ4n) is 2.64. The van der Waals surface area contributed by atoms with Gasteiger partial charge in [0.05, 0.1) is 13.2 Å². The lowest BCUT2D eigenvalue weighted by Crippen LogP contribution is -2.54. The van der Waals surface area contributed by atoms with Crippen molar-refractivity contribution in [2.24, 2.45) is 0 Å². The number of methoxy groups -OCH3 is 1. The molecule has 0 spiro atoms. The van der Waals surface area contributed by atoms with Gasteiger partial charge in [0.15, 0.2) is 0 Å². The van der Waals surface area contributed by atoms with Gasteiger partial charge in [0.25, 0.3) is 10.2 Å². The largest absolute Gasteiger partial charge is 0.497 e. The van der Waals surface area contributed by atoms with Crippen molar-refractivity contribution in [2.45, 2.75) is 13.0 Å². The molecular weight excluding hydrogens is 318 g/mol. The van der Waals surface area contributed by atoms with E-state index in [4.69, 9.17) is 4.74 Å². The number of piperazine rings is 1. The number of hydrogen-bond acceptors (Lipinski definition) is 4. The van der Waals surface area contributed by atoms with E-state index >= 15 is 0 Å². The van der Waals surface area contributed by atoms with Crippen LogP contribution in [0.1, 0.15) is 18.5 Å². The highest BCUT2D eigenvalue weighted by molar-refractivity contribution is 7.86. The van der Waals surface area contributed by atoms with Gasteiger partial charge in [-0.25, -0.2) is 0 Å². The Labute approximate surface area is 137 Å². The minimum absolute atomic E-state index is 0.0505. The fraction of sp³-hybridized carbons (Fsp3) is 0.533. The molecule has 1 saturated heterocycles. The predicted molar refractivity (Wildman–Crippen MR) is 87.3 cm³/mol. The average Bonchev–Trinajstić information content (AvgIpc) is 2.54. The Kier molecular flexibility index (Phi) is 5.28. The van der Waals surface area contributed by atoms with E-state index in [1.807, 2.05) is 12.1 Å². The molecule has 1 aromatic rings. The molecular formula is C15H23N3O4S. The molecule has 1 aromatic carbocycles. The van der Waals surface area contributed by atoms with Crippen LogP contribution in [-0.2, 0) is 15.0 Å². The fourth-order valence-corrected chi connectivity index (χ4v) is 3.88. The van der Waals surface area contributed by atoms with Gasteiger partial charge < -0.3 is 9.64 Å². The standard InChI is InChI=1S/C15H23N3O4S/c1-12(19)17-9-10-18(23(20,21)16(2)3)15(11-17)13-5-7-14(22-4)8-6-13/h5-8,15H,9-11H2,1-4H3. The quantitative estimate of drug-likeness (QED) is 0.809. The normalized spacial score (nSPS) is 19.9. The zero-order valence-corrected chi connectivity index (χ0v) is 14.7. The van der Waals surface area contributed by atoms with Gasteiger partial charge in [0.1, 0.15) is 5.75 Å². The van der Waals surface area contributed by atoms with Crippen molar-refractivity contribution in [3.05, 3.63) is 29.8 Å². The molecule has 0 bridgehead atoms. The number of amides is 1. The zero-order valence-electron chi connectivity index (χ0n) is 13.9. The number of ether oxygens (including phenoxy) is 1. The van der Waals surface area contributed by atoms with E-state index in [-0.39, 0.29) is 12.5 Å². The molecule has 1 unspecified atom stereocenters. The monoisotopic (exact) mass is 341 g/mol. The maximum absolute atomic E-state index is 12.6. The SMILES string of the molecule is COc1ccc(C2CN(C(C)=O)CCN2S(=O)(=O)N(C)C)cc1. The summed E-state index contributed by atoms with van der Waals surface area (Å²) in [5, 5.41) is 0. The lowest BCUT2D eigenvalue weighted by molar-refractivity contribution is -0.131. The minimum atomic E-state index is -3.56. The van der Waals surface area contributed by atoms with E-state index in [2.05, 4.69) is 0 Å². The van der Waals surface area contributed by atoms with Crippen molar-refractivity contribution in [3.8, 4) is 5.75 Å². The van der Waals surface area contributed by atoms with E-state index in [0.29, 0.717) is 18.8 Å². The number of carbonyl (C=O) groups is 1. The van der Waals surface area contributed by atoms with Crippen LogP contribution in [-0.4, -0.2) is 68.7 Å². The van der Waals surface area contributed by atoms with Gasteiger partial charge >= 0.3 is 0 Å². The summed E-state index contributed by atoms with van der Waals surface area (Å²) in [5.74, 6) is 0.653. The number of carbonyl (C=O) groups excluding carboxylic acids is 1. The second kappa shape index (κ2) is 6.86. The second-order valence-electron chi connectivity index (χ2n) is 5.65. The van der Waals surface area contributed by atoms with E-state index in [0.717, 1.165) is 5.56 Å². The Hall–Kier alpha value is -1.64. The Morgan fingerprint density at radius 1 is 1.22 bits per heavy atom. The smallest absolute Gasteiger partial charge is 0.282 e. The van der Waals surface area contributed by atoms with Crippen molar-refractivity contribution >= 4 is 16.1 Å². The first kappa shape index (κ1) is 17.7. The highest BCUT2D eigenvalue weighted by Gasteiger charge is 2.37. The van der Waals surface area contributed by atoms with E-state index in [1.165, 1.54) is 29.6 Å². The Bertz CT molecular complexity index is 658. The van der Waals surface area contributed by atoms with Gasteiger partial charge in [-0.3, -0.25) is 4.79 Å². The van der Waals surface area contributed by atoms with Crippen molar-refractivity contribution in [3.63, 3.8) is 0 Å². The Morgan fingerprint density at radius 3 is 2.30 bits per heavy atom. The van der Waals surface area contributed by atoms with Crippen molar-refractivity contribution in [1.82, 2.24) is 13.5 Å². The molecule has 0 N–H and O–H groups in total. The van der Waals surface area contributed by atoms with Crippen LogP contribution in [0.2, 0.25) is 0 Å². The number of rotatable bonds is 4. The summed E-state index contributed by atoms with van der Waals surface area (Å²) >= 11 is 0. The maximum Gasteiger partial charge on any atom is 0.282 e. The minimum Gasteiger partial charge on any atom is -0.497 e. The van der Waals surface area contributed by atoms with Crippen LogP contribution < -0.4 is 4.74 Å². The van der Waals surface area contributed by atoms with E-state index < -0.39 is 16.3 Å². The molecule has 0 saturated carbocycles. The topological polar surface area (TPSA) is 70.2 Å².